The SMILES string of the molecule is COc1ccc(SCc2cnc(N)cn2)cc1. The van der Waals surface area contributed by atoms with Crippen molar-refractivity contribution in [1.29, 1.82) is 0 Å². The molecule has 0 spiro atoms. The summed E-state index contributed by atoms with van der Waals surface area (Å²) < 4.78 is 5.10. The van der Waals surface area contributed by atoms with Crippen LogP contribution in [0, 0.1) is 0 Å². The zero-order valence-corrected chi connectivity index (χ0v) is 10.3. The summed E-state index contributed by atoms with van der Waals surface area (Å²) in [6.45, 7) is 0. The van der Waals surface area contributed by atoms with Gasteiger partial charge < -0.3 is 10.5 Å². The summed E-state index contributed by atoms with van der Waals surface area (Å²) in [5, 5.41) is 0. The molecule has 0 atom stereocenters. The quantitative estimate of drug-likeness (QED) is 0.840. The Bertz CT molecular complexity index is 470. The van der Waals surface area contributed by atoms with Crippen LogP contribution in [0.25, 0.3) is 0 Å². The van der Waals surface area contributed by atoms with Gasteiger partial charge in [0.25, 0.3) is 0 Å². The molecular weight excluding hydrogens is 234 g/mol. The largest absolute Gasteiger partial charge is 0.497 e. The molecule has 0 aliphatic carbocycles. The van der Waals surface area contributed by atoms with Crippen LogP contribution in [-0.4, -0.2) is 17.1 Å². The molecule has 17 heavy (non-hydrogen) atoms. The first-order valence-electron chi connectivity index (χ1n) is 5.11. The molecule has 2 rings (SSSR count). The van der Waals surface area contributed by atoms with Crippen LogP contribution in [0.3, 0.4) is 0 Å². The molecule has 1 aromatic carbocycles. The highest BCUT2D eigenvalue weighted by Crippen LogP contribution is 2.23. The minimum atomic E-state index is 0.447. The number of thioether (sulfide) groups is 1. The molecule has 5 heteroatoms. The topological polar surface area (TPSA) is 61.0 Å². The number of aromatic nitrogens is 2. The molecule has 0 saturated heterocycles. The van der Waals surface area contributed by atoms with E-state index >= 15 is 0 Å². The van der Waals surface area contributed by atoms with Gasteiger partial charge in [-0.3, -0.25) is 4.98 Å². The molecular formula is C12H13N3OS. The van der Waals surface area contributed by atoms with Crippen LogP contribution in [0.1, 0.15) is 5.69 Å². The van der Waals surface area contributed by atoms with E-state index in [1.807, 2.05) is 24.3 Å². The van der Waals surface area contributed by atoms with E-state index in [1.165, 1.54) is 4.90 Å². The Morgan fingerprint density at radius 2 is 1.94 bits per heavy atom. The highest BCUT2D eigenvalue weighted by atomic mass is 32.2. The first-order valence-corrected chi connectivity index (χ1v) is 6.10. The summed E-state index contributed by atoms with van der Waals surface area (Å²) in [5.41, 5.74) is 6.39. The van der Waals surface area contributed by atoms with Gasteiger partial charge in [-0.1, -0.05) is 0 Å². The highest BCUT2D eigenvalue weighted by molar-refractivity contribution is 7.98. The molecule has 0 aliphatic rings. The number of ether oxygens (including phenoxy) is 1. The average Bonchev–Trinajstić information content (AvgIpc) is 2.39. The van der Waals surface area contributed by atoms with E-state index in [-0.39, 0.29) is 0 Å². The Hall–Kier alpha value is -1.75. The lowest BCUT2D eigenvalue weighted by atomic mass is 10.3. The molecule has 88 valence electrons. The highest BCUT2D eigenvalue weighted by Gasteiger charge is 1.99. The first kappa shape index (κ1) is 11.7. The lowest BCUT2D eigenvalue weighted by Gasteiger charge is -2.03. The molecule has 2 aromatic rings. The Kier molecular flexibility index (Phi) is 3.82. The third-order valence-corrected chi connectivity index (χ3v) is 3.22. The minimum Gasteiger partial charge on any atom is -0.497 e. The lowest BCUT2D eigenvalue weighted by molar-refractivity contribution is 0.414. The lowest BCUT2D eigenvalue weighted by Crippen LogP contribution is -1.94. The molecule has 0 aliphatic heterocycles. The van der Waals surface area contributed by atoms with Gasteiger partial charge in [0.15, 0.2) is 0 Å². The van der Waals surface area contributed by atoms with Gasteiger partial charge in [0.2, 0.25) is 0 Å². The molecule has 1 aromatic heterocycles. The fourth-order valence-electron chi connectivity index (χ4n) is 1.27. The average molecular weight is 247 g/mol. The first-order chi connectivity index (χ1) is 8.28. The number of anilines is 1. The van der Waals surface area contributed by atoms with Gasteiger partial charge in [-0.25, -0.2) is 4.98 Å². The Balaban J connectivity index is 1.95. The number of rotatable bonds is 4. The second-order valence-corrected chi connectivity index (χ2v) is 4.45. The number of methoxy groups -OCH3 is 1. The normalized spacial score (nSPS) is 10.2. The third kappa shape index (κ3) is 3.35. The van der Waals surface area contributed by atoms with Gasteiger partial charge in [0.1, 0.15) is 11.6 Å². The molecule has 0 saturated carbocycles. The van der Waals surface area contributed by atoms with Crippen molar-refractivity contribution in [2.24, 2.45) is 0 Å². The zero-order valence-electron chi connectivity index (χ0n) is 9.46. The number of hydrogen-bond donors (Lipinski definition) is 1. The monoisotopic (exact) mass is 247 g/mol. The minimum absolute atomic E-state index is 0.447. The molecule has 0 amide bonds. The van der Waals surface area contributed by atoms with Crippen LogP contribution in [0.15, 0.2) is 41.6 Å². The van der Waals surface area contributed by atoms with Crippen molar-refractivity contribution >= 4 is 17.6 Å². The van der Waals surface area contributed by atoms with E-state index in [0.29, 0.717) is 5.82 Å². The maximum absolute atomic E-state index is 5.47. The molecule has 1 heterocycles. The van der Waals surface area contributed by atoms with Gasteiger partial charge >= 0.3 is 0 Å². The summed E-state index contributed by atoms with van der Waals surface area (Å²) in [6, 6.07) is 7.93. The summed E-state index contributed by atoms with van der Waals surface area (Å²) in [5.74, 6) is 2.09. The molecule has 4 nitrogen and oxygen atoms in total. The van der Waals surface area contributed by atoms with Crippen LogP contribution < -0.4 is 10.5 Å². The molecule has 0 radical (unpaired) electrons. The molecule has 0 bridgehead atoms. The number of hydrogen-bond acceptors (Lipinski definition) is 5. The van der Waals surface area contributed by atoms with Crippen molar-refractivity contribution in [3.8, 4) is 5.75 Å². The van der Waals surface area contributed by atoms with Gasteiger partial charge in [-0.2, -0.15) is 0 Å². The van der Waals surface area contributed by atoms with Crippen molar-refractivity contribution in [3.63, 3.8) is 0 Å². The van der Waals surface area contributed by atoms with Gasteiger partial charge in [0, 0.05) is 10.6 Å². The molecule has 2 N–H and O–H groups in total. The predicted octanol–water partition coefficient (Wildman–Crippen LogP) is 2.36. The van der Waals surface area contributed by atoms with Crippen molar-refractivity contribution in [1.82, 2.24) is 9.97 Å². The maximum atomic E-state index is 5.47. The van der Waals surface area contributed by atoms with E-state index in [2.05, 4.69) is 9.97 Å². The second-order valence-electron chi connectivity index (χ2n) is 3.40. The number of nitrogens with zero attached hydrogens (tertiary/aromatic N) is 2. The van der Waals surface area contributed by atoms with Crippen LogP contribution in [0.2, 0.25) is 0 Å². The van der Waals surface area contributed by atoms with E-state index in [0.717, 1.165) is 17.2 Å². The Labute approximate surface area is 104 Å². The zero-order chi connectivity index (χ0) is 12.1. The number of nitrogens with two attached hydrogens (primary N) is 1. The fourth-order valence-corrected chi connectivity index (χ4v) is 2.06. The smallest absolute Gasteiger partial charge is 0.141 e. The van der Waals surface area contributed by atoms with Crippen molar-refractivity contribution in [3.05, 3.63) is 42.4 Å². The summed E-state index contributed by atoms with van der Waals surface area (Å²) in [6.07, 6.45) is 3.27. The Morgan fingerprint density at radius 3 is 2.53 bits per heavy atom. The van der Waals surface area contributed by atoms with Gasteiger partial charge in [0.05, 0.1) is 25.2 Å². The standard InChI is InChI=1S/C12H13N3OS/c1-16-10-2-4-11(5-3-10)17-8-9-6-15-12(13)7-14-9/h2-7H,8H2,1H3,(H2,13,15). The van der Waals surface area contributed by atoms with Crippen molar-refractivity contribution in [2.75, 3.05) is 12.8 Å². The van der Waals surface area contributed by atoms with E-state index < -0.39 is 0 Å². The van der Waals surface area contributed by atoms with Crippen LogP contribution >= 0.6 is 11.8 Å². The third-order valence-electron chi connectivity index (χ3n) is 2.17. The van der Waals surface area contributed by atoms with Crippen molar-refractivity contribution in [2.45, 2.75) is 10.6 Å². The number of benzene rings is 1. The summed E-state index contributed by atoms with van der Waals surface area (Å²) in [4.78, 5) is 9.37. The van der Waals surface area contributed by atoms with Gasteiger partial charge in [-0.05, 0) is 24.3 Å². The Morgan fingerprint density at radius 1 is 1.18 bits per heavy atom. The van der Waals surface area contributed by atoms with E-state index in [4.69, 9.17) is 10.5 Å². The maximum Gasteiger partial charge on any atom is 0.141 e. The summed E-state index contributed by atoms with van der Waals surface area (Å²) >= 11 is 1.70. The van der Waals surface area contributed by atoms with Crippen LogP contribution in [-0.2, 0) is 5.75 Å². The second kappa shape index (κ2) is 5.54. The fraction of sp³-hybridized carbons (Fsp3) is 0.167. The van der Waals surface area contributed by atoms with Crippen LogP contribution in [0.5, 0.6) is 5.75 Å². The predicted molar refractivity (Wildman–Crippen MR) is 69.0 cm³/mol. The molecule has 0 unspecified atom stereocenters. The number of nitrogen functional groups attached to an aromatic ring is 1. The van der Waals surface area contributed by atoms with E-state index in [1.54, 1.807) is 31.3 Å². The summed E-state index contributed by atoms with van der Waals surface area (Å²) in [7, 11) is 1.66. The molecule has 0 fully saturated rings. The van der Waals surface area contributed by atoms with Gasteiger partial charge in [-0.15, -0.1) is 11.8 Å². The van der Waals surface area contributed by atoms with E-state index in [9.17, 15) is 0 Å². The van der Waals surface area contributed by atoms with Crippen LogP contribution in [0.4, 0.5) is 5.82 Å². The van der Waals surface area contributed by atoms with Crippen molar-refractivity contribution < 1.29 is 4.74 Å².